The maximum atomic E-state index is 12.7. The molecule has 0 radical (unpaired) electrons. The summed E-state index contributed by atoms with van der Waals surface area (Å²) in [6, 6.07) is 0. The van der Waals surface area contributed by atoms with Crippen molar-refractivity contribution in [2.75, 3.05) is 49.9 Å². The average Bonchev–Trinajstić information content (AvgIpc) is 2.74. The molecular formula is C14H23N5OS. The molecule has 2 saturated heterocycles. The van der Waals surface area contributed by atoms with Gasteiger partial charge in [-0.2, -0.15) is 0 Å². The number of carbonyl (C=O) groups is 1. The van der Waals surface area contributed by atoms with Gasteiger partial charge in [-0.05, 0) is 12.8 Å². The summed E-state index contributed by atoms with van der Waals surface area (Å²) in [6.45, 7) is 5.44. The Labute approximate surface area is 129 Å². The van der Waals surface area contributed by atoms with Crippen molar-refractivity contribution in [3.8, 4) is 0 Å². The van der Waals surface area contributed by atoms with Crippen LogP contribution in [-0.4, -0.2) is 55.1 Å². The first-order valence-electron chi connectivity index (χ1n) is 7.77. The Kier molecular flexibility index (Phi) is 4.60. The highest BCUT2D eigenvalue weighted by Crippen LogP contribution is 2.30. The number of amides is 1. The quantitative estimate of drug-likeness (QED) is 0.857. The number of hydrogen-bond donors (Lipinski definition) is 2. The van der Waals surface area contributed by atoms with Crippen molar-refractivity contribution in [2.24, 2.45) is 0 Å². The Morgan fingerprint density at radius 1 is 1.10 bits per heavy atom. The molecule has 0 spiro atoms. The summed E-state index contributed by atoms with van der Waals surface area (Å²) in [5.74, 6) is 0.455. The number of nitrogens with two attached hydrogens (primary N) is 1. The second-order valence-corrected chi connectivity index (χ2v) is 6.63. The second-order valence-electron chi connectivity index (χ2n) is 5.65. The van der Waals surface area contributed by atoms with Crippen LogP contribution in [0.5, 0.6) is 0 Å². The first-order chi connectivity index (χ1) is 10.3. The molecule has 2 fully saturated rings. The Bertz CT molecular complexity index is 490. The van der Waals surface area contributed by atoms with E-state index in [1.54, 1.807) is 0 Å². The van der Waals surface area contributed by atoms with E-state index >= 15 is 0 Å². The highest BCUT2D eigenvalue weighted by atomic mass is 32.1. The number of piperazine rings is 1. The number of nitrogens with zero attached hydrogens (tertiary/aromatic N) is 3. The lowest BCUT2D eigenvalue weighted by molar-refractivity contribution is 0.0767. The van der Waals surface area contributed by atoms with Crippen molar-refractivity contribution in [1.82, 2.24) is 15.2 Å². The molecule has 0 atom stereocenters. The highest BCUT2D eigenvalue weighted by Gasteiger charge is 2.25. The van der Waals surface area contributed by atoms with E-state index in [2.05, 4.69) is 15.2 Å². The molecular weight excluding hydrogens is 286 g/mol. The number of rotatable bonds is 2. The summed E-state index contributed by atoms with van der Waals surface area (Å²) in [5.41, 5.74) is 6.00. The normalized spacial score (nSPS) is 20.4. The topological polar surface area (TPSA) is 74.5 Å². The van der Waals surface area contributed by atoms with Crippen LogP contribution in [-0.2, 0) is 0 Å². The zero-order valence-corrected chi connectivity index (χ0v) is 13.1. The van der Waals surface area contributed by atoms with Crippen molar-refractivity contribution in [3.05, 3.63) is 4.88 Å². The van der Waals surface area contributed by atoms with Crippen molar-refractivity contribution in [2.45, 2.75) is 25.7 Å². The van der Waals surface area contributed by atoms with Crippen LogP contribution in [0.3, 0.4) is 0 Å². The van der Waals surface area contributed by atoms with E-state index in [-0.39, 0.29) is 5.91 Å². The Hall–Kier alpha value is -1.34. The average molecular weight is 309 g/mol. The van der Waals surface area contributed by atoms with E-state index in [0.29, 0.717) is 10.7 Å². The van der Waals surface area contributed by atoms with Gasteiger partial charge in [0.1, 0.15) is 10.7 Å². The second kappa shape index (κ2) is 6.62. The summed E-state index contributed by atoms with van der Waals surface area (Å²) in [5, 5.41) is 4.20. The lowest BCUT2D eigenvalue weighted by atomic mass is 10.2. The van der Waals surface area contributed by atoms with Crippen molar-refractivity contribution < 1.29 is 4.79 Å². The fraction of sp³-hybridized carbons (Fsp3) is 0.714. The minimum absolute atomic E-state index is 0.0632. The molecule has 116 valence electrons. The number of aromatic nitrogens is 1. The molecule has 2 aliphatic heterocycles. The van der Waals surface area contributed by atoms with E-state index in [9.17, 15) is 4.79 Å². The molecule has 0 unspecified atom stereocenters. The number of hydrogen-bond acceptors (Lipinski definition) is 6. The molecule has 0 aromatic carbocycles. The monoisotopic (exact) mass is 309 g/mol. The van der Waals surface area contributed by atoms with Gasteiger partial charge in [0, 0.05) is 39.3 Å². The maximum absolute atomic E-state index is 12.7. The van der Waals surface area contributed by atoms with Gasteiger partial charge in [-0.1, -0.05) is 24.2 Å². The van der Waals surface area contributed by atoms with Crippen LogP contribution in [0.2, 0.25) is 0 Å². The van der Waals surface area contributed by atoms with Gasteiger partial charge in [0.15, 0.2) is 5.13 Å². The maximum Gasteiger partial charge on any atom is 0.267 e. The van der Waals surface area contributed by atoms with Crippen LogP contribution in [0, 0.1) is 0 Å². The number of nitrogens with one attached hydrogen (secondary N) is 1. The Balaban J connectivity index is 1.74. The number of anilines is 2. The Morgan fingerprint density at radius 3 is 2.43 bits per heavy atom. The van der Waals surface area contributed by atoms with Crippen LogP contribution in [0.4, 0.5) is 10.9 Å². The minimum Gasteiger partial charge on any atom is -0.382 e. The third-order valence-corrected chi connectivity index (χ3v) is 5.24. The number of likely N-dealkylation sites (tertiary alicyclic amines) is 1. The molecule has 7 heteroatoms. The van der Waals surface area contributed by atoms with E-state index in [1.165, 1.54) is 24.2 Å². The van der Waals surface area contributed by atoms with E-state index < -0.39 is 0 Å². The van der Waals surface area contributed by atoms with Crippen LogP contribution in [0.1, 0.15) is 35.4 Å². The van der Waals surface area contributed by atoms with Gasteiger partial charge in [-0.25, -0.2) is 4.98 Å². The standard InChI is InChI=1S/C14H23N5OS/c15-12-11(13(20)18-7-3-1-2-4-8-18)21-14(17-12)19-9-5-16-6-10-19/h16H,1-10,15H2. The largest absolute Gasteiger partial charge is 0.382 e. The molecule has 3 N–H and O–H groups in total. The summed E-state index contributed by atoms with van der Waals surface area (Å²) in [4.78, 5) is 21.8. The first-order valence-corrected chi connectivity index (χ1v) is 8.58. The van der Waals surface area contributed by atoms with Gasteiger partial charge in [0.25, 0.3) is 5.91 Å². The van der Waals surface area contributed by atoms with Gasteiger partial charge in [0.2, 0.25) is 0 Å². The van der Waals surface area contributed by atoms with Crippen molar-refractivity contribution >= 4 is 28.2 Å². The molecule has 6 nitrogen and oxygen atoms in total. The van der Waals surface area contributed by atoms with E-state index in [1.807, 2.05) is 4.90 Å². The SMILES string of the molecule is Nc1nc(N2CCNCC2)sc1C(=O)N1CCCCCC1. The molecule has 21 heavy (non-hydrogen) atoms. The molecule has 0 saturated carbocycles. The molecule has 3 heterocycles. The fourth-order valence-electron chi connectivity index (χ4n) is 2.88. The number of carbonyl (C=O) groups excluding carboxylic acids is 1. The summed E-state index contributed by atoms with van der Waals surface area (Å²) >= 11 is 1.45. The van der Waals surface area contributed by atoms with Crippen LogP contribution < -0.4 is 16.0 Å². The highest BCUT2D eigenvalue weighted by molar-refractivity contribution is 7.18. The minimum atomic E-state index is 0.0632. The van der Waals surface area contributed by atoms with E-state index in [4.69, 9.17) is 5.73 Å². The lowest BCUT2D eigenvalue weighted by Gasteiger charge is -2.26. The zero-order chi connectivity index (χ0) is 14.7. The third kappa shape index (κ3) is 3.29. The third-order valence-electron chi connectivity index (χ3n) is 4.12. The smallest absolute Gasteiger partial charge is 0.267 e. The predicted molar refractivity (Wildman–Crippen MR) is 86.0 cm³/mol. The summed E-state index contributed by atoms with van der Waals surface area (Å²) < 4.78 is 0. The number of nitrogen functional groups attached to an aromatic ring is 1. The molecule has 1 aromatic heterocycles. The van der Waals surface area contributed by atoms with Crippen LogP contribution in [0.15, 0.2) is 0 Å². The molecule has 0 bridgehead atoms. The number of thiazole rings is 1. The Morgan fingerprint density at radius 2 is 1.76 bits per heavy atom. The van der Waals surface area contributed by atoms with Crippen molar-refractivity contribution in [3.63, 3.8) is 0 Å². The van der Waals surface area contributed by atoms with Crippen LogP contribution >= 0.6 is 11.3 Å². The van der Waals surface area contributed by atoms with Crippen molar-refractivity contribution in [1.29, 1.82) is 0 Å². The summed E-state index contributed by atoms with van der Waals surface area (Å²) in [6.07, 6.45) is 4.62. The molecule has 1 aromatic rings. The van der Waals surface area contributed by atoms with Gasteiger partial charge < -0.3 is 20.9 Å². The first kappa shape index (κ1) is 14.6. The molecule has 1 amide bonds. The predicted octanol–water partition coefficient (Wildman–Crippen LogP) is 1.15. The summed E-state index contributed by atoms with van der Waals surface area (Å²) in [7, 11) is 0. The van der Waals surface area contributed by atoms with Gasteiger partial charge in [-0.3, -0.25) is 4.79 Å². The van der Waals surface area contributed by atoms with E-state index in [0.717, 1.165) is 57.2 Å². The molecule has 3 rings (SSSR count). The molecule has 2 aliphatic rings. The fourth-order valence-corrected chi connectivity index (χ4v) is 3.89. The van der Waals surface area contributed by atoms with Gasteiger partial charge in [-0.15, -0.1) is 0 Å². The van der Waals surface area contributed by atoms with Gasteiger partial charge in [0.05, 0.1) is 0 Å². The van der Waals surface area contributed by atoms with Crippen LogP contribution in [0.25, 0.3) is 0 Å². The lowest BCUT2D eigenvalue weighted by Crippen LogP contribution is -2.43. The zero-order valence-electron chi connectivity index (χ0n) is 12.3. The molecule has 0 aliphatic carbocycles. The van der Waals surface area contributed by atoms with Gasteiger partial charge >= 0.3 is 0 Å².